The number of carbonyl (C=O) groups excluding carboxylic acids is 3. The molecule has 2 fully saturated rings. The molecule has 0 spiro atoms. The first-order chi connectivity index (χ1) is 25.0. The van der Waals surface area contributed by atoms with Gasteiger partial charge in [0.25, 0.3) is 11.6 Å². The zero-order valence-corrected chi connectivity index (χ0v) is 28.3. The van der Waals surface area contributed by atoms with Crippen molar-refractivity contribution in [3.05, 3.63) is 118 Å². The molecule has 2 unspecified atom stereocenters. The number of hydrogen-bond acceptors (Lipinski definition) is 10. The minimum absolute atomic E-state index is 0.0600. The average Bonchev–Trinajstić information content (AvgIpc) is 3.75. The van der Waals surface area contributed by atoms with Crippen molar-refractivity contribution in [3.63, 3.8) is 0 Å². The Kier molecular flexibility index (Phi) is 10.4. The highest BCUT2D eigenvalue weighted by atomic mass is 33.1. The first-order valence-corrected chi connectivity index (χ1v) is 18.1. The van der Waals surface area contributed by atoms with Gasteiger partial charge in [-0.1, -0.05) is 22.9 Å². The molecule has 2 N–H and O–H groups in total. The molecule has 6 rings (SSSR count). The van der Waals surface area contributed by atoms with E-state index in [0.717, 1.165) is 11.8 Å². The summed E-state index contributed by atoms with van der Waals surface area (Å²) in [4.78, 5) is 60.7. The van der Waals surface area contributed by atoms with E-state index >= 15 is 0 Å². The van der Waals surface area contributed by atoms with Gasteiger partial charge in [-0.2, -0.15) is 0 Å². The standard InChI is InChI=1S/C35H34FN7O5S2/c36-31-18-26(40-35(46)30-19-29(30)24-2-1-12-37-20-24)6-3-25(31)21-39-34(45)23-4-7-27(8-5-23)41-13-15-42(16-14-41)33(44)11-17-49-50-32-10-9-28(22-38-32)43(47)48/h1-10,12,18,20,22,29-30H,11,13-17,19,21H2,(H,39,45)(H,40,46)/i19D2. The van der Waals surface area contributed by atoms with Crippen LogP contribution in [0.3, 0.4) is 0 Å². The number of piperazine rings is 1. The van der Waals surface area contributed by atoms with Crippen molar-refractivity contribution in [2.45, 2.75) is 30.3 Å². The third-order valence-electron chi connectivity index (χ3n) is 8.27. The summed E-state index contributed by atoms with van der Waals surface area (Å²) in [6.45, 7) is 2.34. The molecule has 0 bridgehead atoms. The van der Waals surface area contributed by atoms with Gasteiger partial charge in [0.1, 0.15) is 17.0 Å². The SMILES string of the molecule is [2H]C1([2H])C(C(=O)Nc2ccc(CNC(=O)c3ccc(N4CCN(C(=O)CCSSc5ccc([N+](=O)[O-])cn5)CC4)cc3)c(F)c2)C1c1cccnc1. The fraction of sp³-hybridized carbons (Fsp3) is 0.286. The summed E-state index contributed by atoms with van der Waals surface area (Å²) in [5.74, 6) is -2.44. The molecule has 1 saturated carbocycles. The molecule has 3 amide bonds. The lowest BCUT2D eigenvalue weighted by Crippen LogP contribution is -2.48. The van der Waals surface area contributed by atoms with Gasteiger partial charge in [-0.15, -0.1) is 0 Å². The number of carbonyl (C=O) groups is 3. The number of benzene rings is 2. The predicted molar refractivity (Wildman–Crippen MR) is 190 cm³/mol. The third kappa shape index (κ3) is 8.95. The zero-order valence-electron chi connectivity index (χ0n) is 28.7. The Labute approximate surface area is 298 Å². The maximum Gasteiger partial charge on any atom is 0.287 e. The highest BCUT2D eigenvalue weighted by Crippen LogP contribution is 2.47. The Morgan fingerprint density at radius 1 is 1.04 bits per heavy atom. The first kappa shape index (κ1) is 32.2. The van der Waals surface area contributed by atoms with Gasteiger partial charge in [-0.05, 0) is 77.2 Å². The van der Waals surface area contributed by atoms with Crippen LogP contribution in [0.25, 0.3) is 0 Å². The molecule has 2 aromatic heterocycles. The fourth-order valence-electron chi connectivity index (χ4n) is 5.44. The van der Waals surface area contributed by atoms with Gasteiger partial charge in [-0.25, -0.2) is 9.37 Å². The largest absolute Gasteiger partial charge is 0.368 e. The van der Waals surface area contributed by atoms with E-state index in [9.17, 15) is 28.9 Å². The van der Waals surface area contributed by atoms with E-state index < -0.39 is 34.9 Å². The number of nitrogens with one attached hydrogen (secondary N) is 2. The average molecular weight is 718 g/mol. The van der Waals surface area contributed by atoms with Crippen molar-refractivity contribution in [2.24, 2.45) is 5.92 Å². The highest BCUT2D eigenvalue weighted by molar-refractivity contribution is 8.76. The quantitative estimate of drug-likeness (QED) is 0.0766. The van der Waals surface area contributed by atoms with Crippen LogP contribution in [0.4, 0.5) is 21.5 Å². The zero-order chi connectivity index (χ0) is 36.8. The van der Waals surface area contributed by atoms with Crippen LogP contribution in [-0.2, 0) is 16.1 Å². The number of rotatable bonds is 13. The number of nitrogens with zero attached hydrogens (tertiary/aromatic N) is 5. The summed E-state index contributed by atoms with van der Waals surface area (Å²) in [7, 11) is 2.84. The molecule has 1 aliphatic carbocycles. The van der Waals surface area contributed by atoms with Crippen molar-refractivity contribution in [1.29, 1.82) is 0 Å². The van der Waals surface area contributed by atoms with Crippen LogP contribution in [-0.4, -0.2) is 69.4 Å². The van der Waals surface area contributed by atoms with Crippen LogP contribution in [0, 0.1) is 21.8 Å². The molecule has 50 heavy (non-hydrogen) atoms. The van der Waals surface area contributed by atoms with E-state index in [1.807, 2.05) is 17.0 Å². The minimum atomic E-state index is -1.73. The van der Waals surface area contributed by atoms with Crippen molar-refractivity contribution in [1.82, 2.24) is 20.2 Å². The Morgan fingerprint density at radius 3 is 2.52 bits per heavy atom. The van der Waals surface area contributed by atoms with Crippen molar-refractivity contribution in [2.75, 3.05) is 42.1 Å². The molecule has 15 heteroatoms. The molecule has 12 nitrogen and oxygen atoms in total. The minimum Gasteiger partial charge on any atom is -0.368 e. The second-order valence-corrected chi connectivity index (χ2v) is 14.0. The molecule has 2 aromatic carbocycles. The van der Waals surface area contributed by atoms with Crippen LogP contribution in [0.2, 0.25) is 0 Å². The van der Waals surface area contributed by atoms with Crippen LogP contribution in [0.5, 0.6) is 0 Å². The lowest BCUT2D eigenvalue weighted by Gasteiger charge is -2.36. The van der Waals surface area contributed by atoms with E-state index in [4.69, 9.17) is 2.74 Å². The number of nitro groups is 1. The van der Waals surface area contributed by atoms with Crippen LogP contribution < -0.4 is 15.5 Å². The number of hydrogen-bond donors (Lipinski definition) is 2. The number of amides is 3. The summed E-state index contributed by atoms with van der Waals surface area (Å²) >= 11 is 0. The normalized spacial score (nSPS) is 18.4. The molecular formula is C35H34FN7O5S2. The van der Waals surface area contributed by atoms with Crippen molar-refractivity contribution in [3.8, 4) is 0 Å². The molecule has 2 aliphatic rings. The Bertz CT molecular complexity index is 1940. The van der Waals surface area contributed by atoms with Gasteiger partial charge >= 0.3 is 0 Å². The molecule has 1 aliphatic heterocycles. The fourth-order valence-corrected chi connectivity index (χ4v) is 7.28. The molecule has 3 heterocycles. The second-order valence-electron chi connectivity index (χ2n) is 11.6. The Hall–Kier alpha value is -5.02. The number of halogens is 1. The first-order valence-electron chi connectivity index (χ1n) is 16.8. The summed E-state index contributed by atoms with van der Waals surface area (Å²) < 4.78 is 31.4. The lowest BCUT2D eigenvalue weighted by atomic mass is 10.1. The number of anilines is 2. The predicted octanol–water partition coefficient (Wildman–Crippen LogP) is 5.68. The summed E-state index contributed by atoms with van der Waals surface area (Å²) in [6, 6.07) is 17.6. The molecule has 1 saturated heterocycles. The third-order valence-corrected chi connectivity index (χ3v) is 10.5. The van der Waals surface area contributed by atoms with E-state index in [2.05, 4.69) is 25.5 Å². The van der Waals surface area contributed by atoms with Crippen LogP contribution >= 0.6 is 21.6 Å². The van der Waals surface area contributed by atoms with Gasteiger partial charge in [0, 0.05) is 94.5 Å². The van der Waals surface area contributed by atoms with Gasteiger partial charge in [0.2, 0.25) is 11.8 Å². The summed E-state index contributed by atoms with van der Waals surface area (Å²) in [6.07, 6.45) is 2.97. The smallest absolute Gasteiger partial charge is 0.287 e. The van der Waals surface area contributed by atoms with E-state index in [-0.39, 0.29) is 35.3 Å². The Morgan fingerprint density at radius 2 is 1.84 bits per heavy atom. The van der Waals surface area contributed by atoms with Gasteiger partial charge < -0.3 is 20.4 Å². The van der Waals surface area contributed by atoms with Crippen molar-refractivity contribution >= 4 is 56.4 Å². The van der Waals surface area contributed by atoms with Gasteiger partial charge in [0.15, 0.2) is 0 Å². The summed E-state index contributed by atoms with van der Waals surface area (Å²) in [5, 5.41) is 16.7. The molecule has 4 aromatic rings. The molecule has 258 valence electrons. The Balaban J connectivity index is 0.912. The summed E-state index contributed by atoms with van der Waals surface area (Å²) in [5.41, 5.74) is 2.31. The number of aromatic nitrogens is 2. The van der Waals surface area contributed by atoms with E-state index in [1.165, 1.54) is 52.2 Å². The monoisotopic (exact) mass is 717 g/mol. The van der Waals surface area contributed by atoms with Gasteiger partial charge in [0.05, 0.1) is 4.92 Å². The van der Waals surface area contributed by atoms with Crippen LogP contribution in [0.15, 0.2) is 90.3 Å². The van der Waals surface area contributed by atoms with E-state index in [0.29, 0.717) is 54.5 Å². The van der Waals surface area contributed by atoms with E-state index in [1.54, 1.807) is 36.5 Å². The van der Waals surface area contributed by atoms with Crippen molar-refractivity contribution < 1.29 is 26.4 Å². The second kappa shape index (κ2) is 16.1. The maximum absolute atomic E-state index is 14.9. The van der Waals surface area contributed by atoms with Gasteiger partial charge in [-0.3, -0.25) is 29.5 Å². The molecule has 2 atom stereocenters. The highest BCUT2D eigenvalue weighted by Gasteiger charge is 2.44. The lowest BCUT2D eigenvalue weighted by molar-refractivity contribution is -0.385. The molecule has 0 radical (unpaired) electrons. The number of pyridine rings is 2. The van der Waals surface area contributed by atoms with Crippen LogP contribution in [0.1, 0.15) is 42.9 Å². The molecular weight excluding hydrogens is 682 g/mol. The topological polar surface area (TPSA) is 151 Å². The maximum atomic E-state index is 14.9.